The average molecular weight is 442 g/mol. The molecule has 156 valence electrons. The van der Waals surface area contributed by atoms with Crippen LogP contribution in [-0.4, -0.2) is 21.5 Å². The number of hydrogen-bond donors (Lipinski definition) is 2. The quantitative estimate of drug-likeness (QED) is 0.545. The molecule has 1 aliphatic rings. The number of aromatic amines is 1. The van der Waals surface area contributed by atoms with Crippen LogP contribution in [0.1, 0.15) is 43.5 Å². The van der Waals surface area contributed by atoms with Gasteiger partial charge in [-0.1, -0.05) is 44.4 Å². The zero-order valence-corrected chi connectivity index (χ0v) is 18.5. The Morgan fingerprint density at radius 1 is 1.20 bits per heavy atom. The molecule has 5 nitrogen and oxygen atoms in total. The molecule has 2 aromatic carbocycles. The van der Waals surface area contributed by atoms with E-state index in [0.29, 0.717) is 39.0 Å². The monoisotopic (exact) mass is 441 g/mol. The maximum Gasteiger partial charge on any atom is 0.266 e. The SMILES string of the molecule is CC1CCCC(NC(=O)c2cccc(-n3c(=S)[nH]c4cc(Cl)ccc4c3=O)c2)C1C. The van der Waals surface area contributed by atoms with Crippen LogP contribution < -0.4 is 10.9 Å². The Bertz CT molecular complexity index is 1230. The molecule has 3 atom stereocenters. The van der Waals surface area contributed by atoms with Crippen molar-refractivity contribution < 1.29 is 4.79 Å². The first-order valence-electron chi connectivity index (χ1n) is 10.2. The molecule has 30 heavy (non-hydrogen) atoms. The second kappa shape index (κ2) is 8.36. The summed E-state index contributed by atoms with van der Waals surface area (Å²) in [4.78, 5) is 29.0. The second-order valence-corrected chi connectivity index (χ2v) is 8.98. The van der Waals surface area contributed by atoms with Crippen molar-refractivity contribution in [1.29, 1.82) is 0 Å². The highest BCUT2D eigenvalue weighted by molar-refractivity contribution is 7.71. The third-order valence-electron chi connectivity index (χ3n) is 6.25. The molecule has 0 bridgehead atoms. The molecular formula is C23H24ClN3O2S. The third kappa shape index (κ3) is 3.94. The number of nitrogens with zero attached hydrogens (tertiary/aromatic N) is 1. The number of carbonyl (C=O) groups excluding carboxylic acids is 1. The van der Waals surface area contributed by atoms with E-state index in [0.717, 1.165) is 12.8 Å². The van der Waals surface area contributed by atoms with Crippen LogP contribution in [0.25, 0.3) is 16.6 Å². The summed E-state index contributed by atoms with van der Waals surface area (Å²) in [6.07, 6.45) is 3.33. The van der Waals surface area contributed by atoms with Crippen LogP contribution in [0.15, 0.2) is 47.3 Å². The average Bonchev–Trinajstić information content (AvgIpc) is 2.71. The van der Waals surface area contributed by atoms with E-state index in [1.165, 1.54) is 11.0 Å². The zero-order valence-electron chi connectivity index (χ0n) is 16.9. The van der Waals surface area contributed by atoms with Crippen molar-refractivity contribution in [2.75, 3.05) is 0 Å². The minimum absolute atomic E-state index is 0.127. The number of aromatic nitrogens is 2. The minimum Gasteiger partial charge on any atom is -0.349 e. The highest BCUT2D eigenvalue weighted by Gasteiger charge is 2.28. The van der Waals surface area contributed by atoms with Crippen LogP contribution in [0.3, 0.4) is 0 Å². The smallest absolute Gasteiger partial charge is 0.266 e. The van der Waals surface area contributed by atoms with E-state index in [1.807, 2.05) is 0 Å². The molecule has 2 N–H and O–H groups in total. The summed E-state index contributed by atoms with van der Waals surface area (Å²) in [6, 6.07) is 12.2. The molecule has 0 spiro atoms. The van der Waals surface area contributed by atoms with E-state index in [1.54, 1.807) is 42.5 Å². The van der Waals surface area contributed by atoms with Gasteiger partial charge in [-0.15, -0.1) is 0 Å². The first-order chi connectivity index (χ1) is 14.3. The lowest BCUT2D eigenvalue weighted by atomic mass is 9.78. The molecule has 0 radical (unpaired) electrons. The van der Waals surface area contributed by atoms with Crippen molar-refractivity contribution in [3.63, 3.8) is 0 Å². The van der Waals surface area contributed by atoms with Gasteiger partial charge < -0.3 is 10.3 Å². The Morgan fingerprint density at radius 3 is 2.80 bits per heavy atom. The van der Waals surface area contributed by atoms with E-state index in [2.05, 4.69) is 24.1 Å². The molecule has 1 heterocycles. The number of fused-ring (bicyclic) bond motifs is 1. The molecule has 3 unspecified atom stereocenters. The van der Waals surface area contributed by atoms with Crippen LogP contribution in [0.4, 0.5) is 0 Å². The minimum atomic E-state index is -0.252. The molecule has 4 rings (SSSR count). The van der Waals surface area contributed by atoms with Gasteiger partial charge in [-0.3, -0.25) is 14.2 Å². The fourth-order valence-electron chi connectivity index (χ4n) is 4.25. The second-order valence-electron chi connectivity index (χ2n) is 8.16. The molecule has 1 aliphatic carbocycles. The first kappa shape index (κ1) is 20.8. The number of nitrogens with one attached hydrogen (secondary N) is 2. The normalized spacial score (nSPS) is 21.5. The van der Waals surface area contributed by atoms with Crippen molar-refractivity contribution in [2.45, 2.75) is 39.2 Å². The van der Waals surface area contributed by atoms with Crippen LogP contribution >= 0.6 is 23.8 Å². The molecule has 0 aliphatic heterocycles. The number of rotatable bonds is 3. The highest BCUT2D eigenvalue weighted by Crippen LogP contribution is 2.29. The summed E-state index contributed by atoms with van der Waals surface area (Å²) >= 11 is 11.5. The van der Waals surface area contributed by atoms with Gasteiger partial charge >= 0.3 is 0 Å². The molecule has 1 fully saturated rings. The summed E-state index contributed by atoms with van der Waals surface area (Å²) < 4.78 is 1.66. The molecule has 1 aromatic heterocycles. The van der Waals surface area contributed by atoms with Gasteiger partial charge in [0.15, 0.2) is 4.77 Å². The van der Waals surface area contributed by atoms with E-state index in [-0.39, 0.29) is 22.3 Å². The standard InChI is InChI=1S/C23H24ClN3O2S/c1-13-5-3-8-19(14(13)2)25-21(28)15-6-4-7-17(11-15)27-22(29)18-10-9-16(24)12-20(18)26-23(27)30/h4,6-7,9-14,19H,3,5,8H2,1-2H3,(H,25,28)(H,26,30). The lowest BCUT2D eigenvalue weighted by Crippen LogP contribution is -2.43. The van der Waals surface area contributed by atoms with Crippen LogP contribution in [0, 0.1) is 16.6 Å². The van der Waals surface area contributed by atoms with Crippen LogP contribution in [0.5, 0.6) is 0 Å². The molecule has 1 amide bonds. The van der Waals surface area contributed by atoms with Crippen molar-refractivity contribution in [3.05, 3.63) is 68.2 Å². The van der Waals surface area contributed by atoms with E-state index < -0.39 is 0 Å². The number of amides is 1. The maximum atomic E-state index is 13.1. The van der Waals surface area contributed by atoms with Crippen LogP contribution in [0.2, 0.25) is 5.02 Å². The van der Waals surface area contributed by atoms with Crippen molar-refractivity contribution >= 4 is 40.6 Å². The molecule has 7 heteroatoms. The number of benzene rings is 2. The van der Waals surface area contributed by atoms with Gasteiger partial charge in [0.2, 0.25) is 0 Å². The summed E-state index contributed by atoms with van der Waals surface area (Å²) in [5.41, 5.74) is 1.40. The Balaban J connectivity index is 1.69. The topological polar surface area (TPSA) is 66.9 Å². The third-order valence-corrected chi connectivity index (χ3v) is 6.77. The molecule has 1 saturated carbocycles. The Labute approximate surface area is 185 Å². The van der Waals surface area contributed by atoms with E-state index in [9.17, 15) is 9.59 Å². The predicted molar refractivity (Wildman–Crippen MR) is 123 cm³/mol. The lowest BCUT2D eigenvalue weighted by molar-refractivity contribution is 0.0891. The summed E-state index contributed by atoms with van der Waals surface area (Å²) in [6.45, 7) is 4.44. The Morgan fingerprint density at radius 2 is 2.00 bits per heavy atom. The number of H-pyrrole nitrogens is 1. The summed E-state index contributed by atoms with van der Waals surface area (Å²) in [5.74, 6) is 0.909. The van der Waals surface area contributed by atoms with Crippen molar-refractivity contribution in [2.24, 2.45) is 11.8 Å². The summed E-state index contributed by atoms with van der Waals surface area (Å²) in [7, 11) is 0. The predicted octanol–water partition coefficient (Wildman–Crippen LogP) is 5.26. The Kier molecular flexibility index (Phi) is 5.80. The summed E-state index contributed by atoms with van der Waals surface area (Å²) in [5, 5.41) is 4.19. The highest BCUT2D eigenvalue weighted by atomic mass is 35.5. The zero-order chi connectivity index (χ0) is 21.4. The van der Waals surface area contributed by atoms with Gasteiger partial charge in [0.05, 0.1) is 16.6 Å². The van der Waals surface area contributed by atoms with Gasteiger partial charge in [-0.05, 0) is 66.9 Å². The lowest BCUT2D eigenvalue weighted by Gasteiger charge is -2.34. The number of hydrogen-bond acceptors (Lipinski definition) is 3. The largest absolute Gasteiger partial charge is 0.349 e. The first-order valence-corrected chi connectivity index (χ1v) is 11.0. The Hall–Kier alpha value is -2.44. The number of carbonyl (C=O) groups is 1. The molecular weight excluding hydrogens is 418 g/mol. The van der Waals surface area contributed by atoms with E-state index >= 15 is 0 Å². The maximum absolute atomic E-state index is 13.1. The number of halogens is 1. The van der Waals surface area contributed by atoms with Crippen molar-refractivity contribution in [1.82, 2.24) is 14.9 Å². The fourth-order valence-corrected chi connectivity index (χ4v) is 4.72. The molecule has 3 aromatic rings. The van der Waals surface area contributed by atoms with E-state index in [4.69, 9.17) is 23.8 Å². The van der Waals surface area contributed by atoms with Gasteiger partial charge in [0.1, 0.15) is 0 Å². The van der Waals surface area contributed by atoms with Gasteiger partial charge in [-0.25, -0.2) is 0 Å². The molecule has 0 saturated heterocycles. The van der Waals surface area contributed by atoms with Crippen molar-refractivity contribution in [3.8, 4) is 5.69 Å². The van der Waals surface area contributed by atoms with Gasteiger partial charge in [-0.2, -0.15) is 0 Å². The van der Waals surface area contributed by atoms with Crippen LogP contribution in [-0.2, 0) is 0 Å². The fraction of sp³-hybridized carbons (Fsp3) is 0.348. The van der Waals surface area contributed by atoms with Gasteiger partial charge in [0.25, 0.3) is 11.5 Å². The van der Waals surface area contributed by atoms with Gasteiger partial charge in [0, 0.05) is 16.6 Å².